The Labute approximate surface area is 193 Å². The van der Waals surface area contributed by atoms with Gasteiger partial charge in [0.05, 0.1) is 10.5 Å². The highest BCUT2D eigenvalue weighted by molar-refractivity contribution is 7.89. The van der Waals surface area contributed by atoms with Crippen LogP contribution in [-0.2, 0) is 26.0 Å². The highest BCUT2D eigenvalue weighted by Gasteiger charge is 2.33. The Hall–Kier alpha value is -3.22. The van der Waals surface area contributed by atoms with Crippen molar-refractivity contribution in [1.29, 1.82) is 5.26 Å². The molecule has 4 rings (SSSR count). The summed E-state index contributed by atoms with van der Waals surface area (Å²) in [4.78, 5) is 26.5. The predicted octanol–water partition coefficient (Wildman–Crippen LogP) is 2.90. The quantitative estimate of drug-likeness (QED) is 0.745. The molecule has 0 spiro atoms. The van der Waals surface area contributed by atoms with E-state index in [-0.39, 0.29) is 41.3 Å². The molecule has 1 fully saturated rings. The van der Waals surface area contributed by atoms with E-state index in [9.17, 15) is 23.3 Å². The van der Waals surface area contributed by atoms with Gasteiger partial charge < -0.3 is 10.2 Å². The molecule has 2 amide bonds. The maximum Gasteiger partial charge on any atom is 0.244 e. The molecule has 0 aromatic heterocycles. The van der Waals surface area contributed by atoms with Gasteiger partial charge >= 0.3 is 0 Å². The van der Waals surface area contributed by atoms with Crippen LogP contribution in [0.4, 0.5) is 11.4 Å². The molecule has 0 unspecified atom stereocenters. The fourth-order valence-electron chi connectivity index (χ4n) is 4.53. The summed E-state index contributed by atoms with van der Waals surface area (Å²) in [6.07, 6.45) is 2.54. The van der Waals surface area contributed by atoms with Crippen molar-refractivity contribution in [2.24, 2.45) is 5.92 Å². The molecule has 0 bridgehead atoms. The van der Waals surface area contributed by atoms with Gasteiger partial charge in [0, 0.05) is 43.9 Å². The van der Waals surface area contributed by atoms with Crippen LogP contribution in [0.1, 0.15) is 37.3 Å². The number of nitriles is 1. The van der Waals surface area contributed by atoms with E-state index < -0.39 is 10.0 Å². The maximum atomic E-state index is 13.0. The molecule has 0 aliphatic carbocycles. The summed E-state index contributed by atoms with van der Waals surface area (Å²) in [6, 6.07) is 13.7. The van der Waals surface area contributed by atoms with Crippen LogP contribution in [0.3, 0.4) is 0 Å². The van der Waals surface area contributed by atoms with E-state index in [4.69, 9.17) is 0 Å². The van der Waals surface area contributed by atoms with Crippen molar-refractivity contribution in [2.75, 3.05) is 29.9 Å². The zero-order chi connectivity index (χ0) is 23.6. The molecule has 0 radical (unpaired) electrons. The number of benzene rings is 2. The summed E-state index contributed by atoms with van der Waals surface area (Å²) < 4.78 is 27.3. The monoisotopic (exact) mass is 466 g/mol. The number of sulfonamides is 1. The second-order valence-corrected chi connectivity index (χ2v) is 10.3. The molecule has 0 saturated carbocycles. The van der Waals surface area contributed by atoms with E-state index in [0.717, 1.165) is 24.1 Å². The van der Waals surface area contributed by atoms with Crippen molar-refractivity contribution in [2.45, 2.75) is 37.5 Å². The first-order valence-corrected chi connectivity index (χ1v) is 12.5. The van der Waals surface area contributed by atoms with Gasteiger partial charge in [0.1, 0.15) is 6.07 Å². The first kappa shape index (κ1) is 23.0. The zero-order valence-electron chi connectivity index (χ0n) is 18.5. The Balaban J connectivity index is 1.40. The number of piperidine rings is 1. The molecule has 2 aliphatic heterocycles. The molecule has 8 nitrogen and oxygen atoms in total. The molecular weight excluding hydrogens is 440 g/mol. The molecule has 1 saturated heterocycles. The van der Waals surface area contributed by atoms with E-state index in [0.29, 0.717) is 25.1 Å². The normalized spacial score (nSPS) is 17.2. The molecule has 1 N–H and O–H groups in total. The van der Waals surface area contributed by atoms with Crippen molar-refractivity contribution in [3.63, 3.8) is 0 Å². The number of aryl methyl sites for hydroxylation is 1. The number of nitrogens with zero attached hydrogens (tertiary/aromatic N) is 3. The molecule has 2 aliphatic rings. The van der Waals surface area contributed by atoms with Crippen LogP contribution in [0.5, 0.6) is 0 Å². The second-order valence-electron chi connectivity index (χ2n) is 8.39. The van der Waals surface area contributed by atoms with E-state index in [1.165, 1.54) is 16.4 Å². The highest BCUT2D eigenvalue weighted by Crippen LogP contribution is 2.31. The summed E-state index contributed by atoms with van der Waals surface area (Å²) in [6.45, 7) is 2.69. The number of carbonyl (C=O) groups is 2. The van der Waals surface area contributed by atoms with Crippen LogP contribution < -0.4 is 10.2 Å². The van der Waals surface area contributed by atoms with Crippen LogP contribution in [0.2, 0.25) is 0 Å². The Morgan fingerprint density at radius 2 is 1.82 bits per heavy atom. The fraction of sp³-hybridized carbons (Fsp3) is 0.375. The third-order valence-corrected chi connectivity index (χ3v) is 8.25. The third-order valence-electron chi connectivity index (χ3n) is 6.30. The first-order chi connectivity index (χ1) is 15.8. The van der Waals surface area contributed by atoms with E-state index >= 15 is 0 Å². The minimum atomic E-state index is -3.79. The van der Waals surface area contributed by atoms with Gasteiger partial charge in [0.2, 0.25) is 21.8 Å². The maximum absolute atomic E-state index is 13.0. The van der Waals surface area contributed by atoms with Crippen molar-refractivity contribution in [1.82, 2.24) is 4.31 Å². The van der Waals surface area contributed by atoms with E-state index in [1.54, 1.807) is 30.0 Å². The SMILES string of the molecule is CC(=O)N1CCCc2cc(NC(=O)C3CCN(S(=O)(=O)c4ccccc4C#N)CC3)ccc21. The number of rotatable bonds is 4. The Bertz CT molecular complexity index is 1230. The van der Waals surface area contributed by atoms with Crippen molar-refractivity contribution in [3.05, 3.63) is 53.6 Å². The van der Waals surface area contributed by atoms with Gasteiger partial charge in [-0.2, -0.15) is 9.57 Å². The average molecular weight is 467 g/mol. The lowest BCUT2D eigenvalue weighted by Crippen LogP contribution is -2.41. The second kappa shape index (κ2) is 9.33. The summed E-state index contributed by atoms with van der Waals surface area (Å²) in [7, 11) is -3.79. The highest BCUT2D eigenvalue weighted by atomic mass is 32.2. The third kappa shape index (κ3) is 4.63. The van der Waals surface area contributed by atoms with E-state index in [2.05, 4.69) is 5.32 Å². The van der Waals surface area contributed by atoms with Gasteiger partial charge in [-0.25, -0.2) is 8.42 Å². The van der Waals surface area contributed by atoms with Crippen molar-refractivity contribution >= 4 is 33.2 Å². The largest absolute Gasteiger partial charge is 0.326 e. The number of anilines is 2. The molecule has 172 valence electrons. The number of fused-ring (bicyclic) bond motifs is 1. The average Bonchev–Trinajstić information content (AvgIpc) is 2.83. The number of carbonyl (C=O) groups excluding carboxylic acids is 2. The molecule has 2 heterocycles. The van der Waals surface area contributed by atoms with Gasteiger partial charge in [0.25, 0.3) is 0 Å². The standard InChI is InChI=1S/C24H26N4O4S/c1-17(29)28-12-4-6-19-15-21(8-9-22(19)28)26-24(30)18-10-13-27(14-11-18)33(31,32)23-7-3-2-5-20(23)16-25/h2-3,5,7-9,15,18H,4,6,10-14H2,1H3,(H,26,30). The molecule has 9 heteroatoms. The first-order valence-electron chi connectivity index (χ1n) is 11.0. The van der Waals surface area contributed by atoms with E-state index in [1.807, 2.05) is 18.2 Å². The summed E-state index contributed by atoms with van der Waals surface area (Å²) in [5, 5.41) is 12.2. The van der Waals surface area contributed by atoms with Crippen LogP contribution in [0.15, 0.2) is 47.4 Å². The Morgan fingerprint density at radius 1 is 1.09 bits per heavy atom. The lowest BCUT2D eigenvalue weighted by molar-refractivity contribution is -0.121. The van der Waals surface area contributed by atoms with Gasteiger partial charge in [-0.1, -0.05) is 12.1 Å². The zero-order valence-corrected chi connectivity index (χ0v) is 19.3. The van der Waals surface area contributed by atoms with Crippen LogP contribution in [-0.4, -0.2) is 44.2 Å². The van der Waals surface area contributed by atoms with Gasteiger partial charge in [-0.05, 0) is 61.6 Å². The van der Waals surface area contributed by atoms with Gasteiger partial charge in [-0.3, -0.25) is 9.59 Å². The van der Waals surface area contributed by atoms with Crippen LogP contribution >= 0.6 is 0 Å². The fourth-order valence-corrected chi connectivity index (χ4v) is 6.14. The van der Waals surface area contributed by atoms with Gasteiger partial charge in [-0.15, -0.1) is 0 Å². The molecular formula is C24H26N4O4S. The minimum Gasteiger partial charge on any atom is -0.326 e. The molecule has 2 aromatic rings. The number of nitrogens with one attached hydrogen (secondary N) is 1. The lowest BCUT2D eigenvalue weighted by Gasteiger charge is -2.31. The molecule has 33 heavy (non-hydrogen) atoms. The number of hydrogen-bond donors (Lipinski definition) is 1. The predicted molar refractivity (Wildman–Crippen MR) is 124 cm³/mol. The number of hydrogen-bond acceptors (Lipinski definition) is 5. The van der Waals surface area contributed by atoms with Crippen molar-refractivity contribution in [3.8, 4) is 6.07 Å². The number of amides is 2. The van der Waals surface area contributed by atoms with Crippen molar-refractivity contribution < 1.29 is 18.0 Å². The molecule has 0 atom stereocenters. The summed E-state index contributed by atoms with van der Waals surface area (Å²) in [5.41, 5.74) is 2.73. The summed E-state index contributed by atoms with van der Waals surface area (Å²) >= 11 is 0. The van der Waals surface area contributed by atoms with Crippen LogP contribution in [0.25, 0.3) is 0 Å². The lowest BCUT2D eigenvalue weighted by atomic mass is 9.96. The Morgan fingerprint density at radius 3 is 2.52 bits per heavy atom. The minimum absolute atomic E-state index is 0.00376. The summed E-state index contributed by atoms with van der Waals surface area (Å²) in [5.74, 6) is -0.428. The topological polar surface area (TPSA) is 111 Å². The van der Waals surface area contributed by atoms with Crippen LogP contribution in [0, 0.1) is 17.2 Å². The smallest absolute Gasteiger partial charge is 0.244 e. The van der Waals surface area contributed by atoms with Gasteiger partial charge in [0.15, 0.2) is 0 Å². The molecule has 2 aromatic carbocycles. The Kier molecular flexibility index (Phi) is 6.49.